The van der Waals surface area contributed by atoms with Gasteiger partial charge in [0.2, 0.25) is 0 Å². The minimum absolute atomic E-state index is 0.227. The third-order valence-corrected chi connectivity index (χ3v) is 4.48. The van der Waals surface area contributed by atoms with Gasteiger partial charge in [-0.25, -0.2) is 4.98 Å². The lowest BCUT2D eigenvalue weighted by Crippen LogP contribution is -2.21. The minimum Gasteiger partial charge on any atom is -0.311 e. The maximum atomic E-state index is 4.62. The molecule has 102 valence electrons. The number of aryl methyl sites for hydroxylation is 4. The predicted molar refractivity (Wildman–Crippen MR) is 80.8 cm³/mol. The summed E-state index contributed by atoms with van der Waals surface area (Å²) in [5.74, 6) is 0. The summed E-state index contributed by atoms with van der Waals surface area (Å²) in [5, 5.41) is 4.54. The lowest BCUT2D eigenvalue weighted by Gasteiger charge is -2.16. The molecule has 2 aromatic rings. The van der Waals surface area contributed by atoms with Crippen LogP contribution in [-0.2, 0) is 6.42 Å². The lowest BCUT2D eigenvalue weighted by molar-refractivity contribution is 0.570. The van der Waals surface area contributed by atoms with Crippen LogP contribution in [0.25, 0.3) is 0 Å². The van der Waals surface area contributed by atoms with E-state index in [4.69, 9.17) is 0 Å². The Labute approximate surface area is 119 Å². The van der Waals surface area contributed by atoms with Crippen LogP contribution in [0.1, 0.15) is 38.4 Å². The van der Waals surface area contributed by atoms with Crippen molar-refractivity contribution in [1.29, 1.82) is 0 Å². The molecule has 0 aliphatic carbocycles. The molecule has 0 fully saturated rings. The topological polar surface area (TPSA) is 37.8 Å². The number of nitrogens with one attached hydrogen (secondary N) is 1. The molecule has 1 N–H and O–H groups in total. The van der Waals surface area contributed by atoms with Crippen LogP contribution in [-0.4, -0.2) is 17.0 Å². The van der Waals surface area contributed by atoms with Crippen molar-refractivity contribution in [3.05, 3.63) is 44.7 Å². The van der Waals surface area contributed by atoms with Crippen molar-refractivity contribution in [3.8, 4) is 0 Å². The van der Waals surface area contributed by atoms with E-state index in [0.29, 0.717) is 0 Å². The molecule has 3 nitrogen and oxygen atoms in total. The second-order valence-corrected chi connectivity index (χ2v) is 6.30. The summed E-state index contributed by atoms with van der Waals surface area (Å²) in [6.07, 6.45) is 2.83. The first-order valence-electron chi connectivity index (χ1n) is 6.54. The smallest absolute Gasteiger partial charge is 0.0950 e. The standard InChI is InChI=1S/C15H21N3S/c1-9-6-10(2)15(17-8-9)13(16-5)7-14-18-11(3)12(4)19-14/h6,8,13,16H,7H2,1-5H3. The van der Waals surface area contributed by atoms with Gasteiger partial charge in [-0.15, -0.1) is 11.3 Å². The molecule has 19 heavy (non-hydrogen) atoms. The number of pyridine rings is 1. The molecular formula is C15H21N3S. The molecule has 1 atom stereocenters. The van der Waals surface area contributed by atoms with Gasteiger partial charge in [-0.05, 0) is 45.9 Å². The number of likely N-dealkylation sites (N-methyl/N-ethyl adjacent to an activating group) is 1. The van der Waals surface area contributed by atoms with E-state index < -0.39 is 0 Å². The fourth-order valence-corrected chi connectivity index (χ4v) is 3.21. The highest BCUT2D eigenvalue weighted by molar-refractivity contribution is 7.11. The maximum Gasteiger partial charge on any atom is 0.0950 e. The predicted octanol–water partition coefficient (Wildman–Crippen LogP) is 3.27. The summed E-state index contributed by atoms with van der Waals surface area (Å²) in [4.78, 5) is 10.5. The summed E-state index contributed by atoms with van der Waals surface area (Å²) in [6.45, 7) is 8.39. The van der Waals surface area contributed by atoms with E-state index in [2.05, 4.69) is 49.0 Å². The molecule has 0 aliphatic heterocycles. The Morgan fingerprint density at radius 3 is 2.53 bits per heavy atom. The van der Waals surface area contributed by atoms with E-state index in [1.54, 1.807) is 11.3 Å². The van der Waals surface area contributed by atoms with Gasteiger partial charge in [0.1, 0.15) is 0 Å². The molecule has 0 spiro atoms. The molecule has 0 bridgehead atoms. The third kappa shape index (κ3) is 3.19. The van der Waals surface area contributed by atoms with Crippen LogP contribution in [0.15, 0.2) is 12.3 Å². The summed E-state index contributed by atoms with van der Waals surface area (Å²) < 4.78 is 0. The number of nitrogens with zero attached hydrogens (tertiary/aromatic N) is 2. The Kier molecular flexibility index (Phi) is 4.32. The normalized spacial score (nSPS) is 12.7. The fraction of sp³-hybridized carbons (Fsp3) is 0.467. The average Bonchev–Trinajstić information content (AvgIpc) is 2.66. The highest BCUT2D eigenvalue weighted by atomic mass is 32.1. The molecule has 0 saturated heterocycles. The highest BCUT2D eigenvalue weighted by Crippen LogP contribution is 2.24. The van der Waals surface area contributed by atoms with E-state index in [1.165, 1.54) is 21.0 Å². The maximum absolute atomic E-state index is 4.62. The van der Waals surface area contributed by atoms with Gasteiger partial charge in [0, 0.05) is 17.5 Å². The highest BCUT2D eigenvalue weighted by Gasteiger charge is 2.16. The van der Waals surface area contributed by atoms with E-state index in [0.717, 1.165) is 17.8 Å². The summed E-state index contributed by atoms with van der Waals surface area (Å²) in [7, 11) is 1.99. The van der Waals surface area contributed by atoms with Crippen molar-refractivity contribution in [3.63, 3.8) is 0 Å². The summed E-state index contributed by atoms with van der Waals surface area (Å²) >= 11 is 1.78. The van der Waals surface area contributed by atoms with Crippen LogP contribution < -0.4 is 5.32 Å². The van der Waals surface area contributed by atoms with Gasteiger partial charge in [0.25, 0.3) is 0 Å². The molecule has 0 saturated carbocycles. The van der Waals surface area contributed by atoms with Gasteiger partial charge in [-0.1, -0.05) is 6.07 Å². The molecule has 0 aromatic carbocycles. The van der Waals surface area contributed by atoms with E-state index in [9.17, 15) is 0 Å². The SMILES string of the molecule is CNC(Cc1nc(C)c(C)s1)c1ncc(C)cc1C. The van der Waals surface area contributed by atoms with Crippen LogP contribution in [0, 0.1) is 27.7 Å². The summed E-state index contributed by atoms with van der Waals surface area (Å²) in [5.41, 5.74) is 4.71. The molecule has 2 heterocycles. The average molecular weight is 275 g/mol. The Bertz CT molecular complexity index is 555. The van der Waals surface area contributed by atoms with Gasteiger partial charge in [0.15, 0.2) is 0 Å². The van der Waals surface area contributed by atoms with Crippen molar-refractivity contribution in [2.24, 2.45) is 0 Å². The molecule has 0 amide bonds. The molecule has 4 heteroatoms. The zero-order valence-electron chi connectivity index (χ0n) is 12.2. The Morgan fingerprint density at radius 2 is 2.00 bits per heavy atom. The first-order chi connectivity index (χ1) is 9.01. The Morgan fingerprint density at radius 1 is 1.26 bits per heavy atom. The lowest BCUT2D eigenvalue weighted by atomic mass is 10.0. The second kappa shape index (κ2) is 5.80. The van der Waals surface area contributed by atoms with Crippen LogP contribution in [0.4, 0.5) is 0 Å². The number of rotatable bonds is 4. The first kappa shape index (κ1) is 14.2. The first-order valence-corrected chi connectivity index (χ1v) is 7.36. The van der Waals surface area contributed by atoms with Gasteiger partial charge < -0.3 is 5.32 Å². The number of aromatic nitrogens is 2. The van der Waals surface area contributed by atoms with Crippen molar-refractivity contribution < 1.29 is 0 Å². The third-order valence-electron chi connectivity index (χ3n) is 3.39. The Balaban J connectivity index is 2.24. The largest absolute Gasteiger partial charge is 0.311 e. The van der Waals surface area contributed by atoms with Crippen LogP contribution in [0.3, 0.4) is 0 Å². The van der Waals surface area contributed by atoms with Crippen molar-refractivity contribution in [2.45, 2.75) is 40.2 Å². The Hall–Kier alpha value is -1.26. The van der Waals surface area contributed by atoms with Crippen LogP contribution >= 0.6 is 11.3 Å². The van der Waals surface area contributed by atoms with Crippen molar-refractivity contribution in [1.82, 2.24) is 15.3 Å². The zero-order chi connectivity index (χ0) is 14.0. The number of thiazole rings is 1. The molecular weight excluding hydrogens is 254 g/mol. The molecule has 2 rings (SSSR count). The molecule has 0 aliphatic rings. The molecule has 2 aromatic heterocycles. The quantitative estimate of drug-likeness (QED) is 0.930. The fourth-order valence-electron chi connectivity index (χ4n) is 2.23. The van der Waals surface area contributed by atoms with Gasteiger partial charge in [-0.2, -0.15) is 0 Å². The number of hydrogen-bond donors (Lipinski definition) is 1. The minimum atomic E-state index is 0.227. The van der Waals surface area contributed by atoms with Crippen molar-refractivity contribution >= 4 is 11.3 Å². The molecule has 1 unspecified atom stereocenters. The van der Waals surface area contributed by atoms with Crippen molar-refractivity contribution in [2.75, 3.05) is 7.05 Å². The van der Waals surface area contributed by atoms with E-state index >= 15 is 0 Å². The van der Waals surface area contributed by atoms with E-state index in [-0.39, 0.29) is 6.04 Å². The van der Waals surface area contributed by atoms with Crippen LogP contribution in [0.2, 0.25) is 0 Å². The monoisotopic (exact) mass is 275 g/mol. The second-order valence-electron chi connectivity index (χ2n) is 5.01. The number of hydrogen-bond acceptors (Lipinski definition) is 4. The van der Waals surface area contributed by atoms with Gasteiger partial charge >= 0.3 is 0 Å². The summed E-state index contributed by atoms with van der Waals surface area (Å²) in [6, 6.07) is 2.41. The molecule has 0 radical (unpaired) electrons. The van der Waals surface area contributed by atoms with Crippen LogP contribution in [0.5, 0.6) is 0 Å². The zero-order valence-corrected chi connectivity index (χ0v) is 13.1. The van der Waals surface area contributed by atoms with Gasteiger partial charge in [0.05, 0.1) is 22.4 Å². The van der Waals surface area contributed by atoms with Gasteiger partial charge in [-0.3, -0.25) is 4.98 Å². The van der Waals surface area contributed by atoms with E-state index in [1.807, 2.05) is 13.2 Å².